The molecule has 0 amide bonds. The Balaban J connectivity index is 2.46. The molecule has 0 bridgehead atoms. The van der Waals surface area contributed by atoms with Crippen LogP contribution >= 0.6 is 0 Å². The summed E-state index contributed by atoms with van der Waals surface area (Å²) >= 11 is 0. The largest absolute Gasteiger partial charge is 0.313 e. The normalized spacial score (nSPS) is 24.0. The van der Waals surface area contributed by atoms with E-state index in [4.69, 9.17) is 0 Å². The Morgan fingerprint density at radius 2 is 2.00 bits per heavy atom. The number of nitrogens with zero attached hydrogens (tertiary/aromatic N) is 1. The first-order valence-electron chi connectivity index (χ1n) is 3.59. The van der Waals surface area contributed by atoms with Crippen molar-refractivity contribution in [2.24, 2.45) is 0 Å². The zero-order valence-corrected chi connectivity index (χ0v) is 6.57. The average Bonchev–Trinajstić information content (AvgIpc) is 1.62. The van der Waals surface area contributed by atoms with E-state index in [-0.39, 0.29) is 0 Å². The van der Waals surface area contributed by atoms with Crippen LogP contribution in [0.2, 0.25) is 0 Å². The second-order valence-corrected chi connectivity index (χ2v) is 3.08. The first kappa shape index (κ1) is 7.03. The maximum atomic E-state index is 3.29. The maximum absolute atomic E-state index is 3.29. The maximum Gasteiger partial charge on any atom is 0.0449 e. The minimum Gasteiger partial charge on any atom is -0.313 e. The van der Waals surface area contributed by atoms with Crippen molar-refractivity contribution >= 4 is 0 Å². The lowest BCUT2D eigenvalue weighted by Crippen LogP contribution is -2.66. The van der Waals surface area contributed by atoms with Gasteiger partial charge in [0.15, 0.2) is 0 Å². The summed E-state index contributed by atoms with van der Waals surface area (Å²) < 4.78 is 0. The molecule has 0 aromatic rings. The second kappa shape index (κ2) is 2.27. The van der Waals surface area contributed by atoms with Crippen LogP contribution in [0.4, 0.5) is 0 Å². The highest BCUT2D eigenvalue weighted by atomic mass is 15.2. The molecule has 1 fully saturated rings. The molecule has 0 saturated carbocycles. The first-order chi connectivity index (χ1) is 4.21. The van der Waals surface area contributed by atoms with Crippen molar-refractivity contribution in [1.29, 1.82) is 0 Å². The van der Waals surface area contributed by atoms with E-state index in [9.17, 15) is 0 Å². The monoisotopic (exact) mass is 128 g/mol. The molecule has 1 N–H and O–H groups in total. The highest BCUT2D eigenvalue weighted by Crippen LogP contribution is 2.20. The molecule has 0 unspecified atom stereocenters. The van der Waals surface area contributed by atoms with Crippen LogP contribution in [0.5, 0.6) is 0 Å². The minimum absolute atomic E-state index is 0.486. The van der Waals surface area contributed by atoms with Crippen molar-refractivity contribution in [2.75, 3.05) is 27.2 Å². The summed E-state index contributed by atoms with van der Waals surface area (Å²) in [4.78, 5) is 2.32. The molecule has 0 aromatic carbocycles. The van der Waals surface area contributed by atoms with Gasteiger partial charge in [0.1, 0.15) is 0 Å². The molecule has 54 valence electrons. The molecule has 1 aliphatic rings. The standard InChI is InChI=1S/C7H16N2/c1-4-7(9(2)3)5-8-6-7/h8H,4-6H2,1-3H3. The zero-order valence-electron chi connectivity index (χ0n) is 6.57. The van der Waals surface area contributed by atoms with E-state index in [2.05, 4.69) is 31.2 Å². The molecule has 2 heteroatoms. The highest BCUT2D eigenvalue weighted by molar-refractivity contribution is 4.98. The van der Waals surface area contributed by atoms with Crippen LogP contribution < -0.4 is 5.32 Å². The zero-order chi connectivity index (χ0) is 6.91. The third-order valence-corrected chi connectivity index (χ3v) is 2.51. The van der Waals surface area contributed by atoms with Gasteiger partial charge >= 0.3 is 0 Å². The van der Waals surface area contributed by atoms with Crippen LogP contribution in [0.25, 0.3) is 0 Å². The molecule has 0 aromatic heterocycles. The van der Waals surface area contributed by atoms with E-state index in [0.717, 1.165) is 13.1 Å². The Bertz CT molecular complexity index is 89.6. The average molecular weight is 128 g/mol. The molecule has 0 atom stereocenters. The van der Waals surface area contributed by atoms with Gasteiger partial charge in [0.05, 0.1) is 0 Å². The summed E-state index contributed by atoms with van der Waals surface area (Å²) in [5.74, 6) is 0. The van der Waals surface area contributed by atoms with Crippen LogP contribution in [0.1, 0.15) is 13.3 Å². The van der Waals surface area contributed by atoms with E-state index in [1.165, 1.54) is 6.42 Å². The smallest absolute Gasteiger partial charge is 0.0449 e. The fourth-order valence-corrected chi connectivity index (χ4v) is 1.30. The van der Waals surface area contributed by atoms with E-state index < -0.39 is 0 Å². The van der Waals surface area contributed by atoms with Gasteiger partial charge < -0.3 is 10.2 Å². The lowest BCUT2D eigenvalue weighted by atomic mass is 9.88. The predicted octanol–water partition coefficient (Wildman–Crippen LogP) is 0.300. The quantitative estimate of drug-likeness (QED) is 0.575. The van der Waals surface area contributed by atoms with Crippen molar-refractivity contribution < 1.29 is 0 Å². The molecule has 1 aliphatic heterocycles. The van der Waals surface area contributed by atoms with Gasteiger partial charge in [-0.15, -0.1) is 0 Å². The van der Waals surface area contributed by atoms with Gasteiger partial charge in [-0.25, -0.2) is 0 Å². The molecule has 1 heterocycles. The SMILES string of the molecule is CCC1(N(C)C)CNC1. The highest BCUT2D eigenvalue weighted by Gasteiger charge is 2.36. The third kappa shape index (κ3) is 0.970. The van der Waals surface area contributed by atoms with Crippen molar-refractivity contribution in [3.63, 3.8) is 0 Å². The number of hydrogen-bond donors (Lipinski definition) is 1. The number of hydrogen-bond acceptors (Lipinski definition) is 2. The van der Waals surface area contributed by atoms with Gasteiger partial charge in [-0.3, -0.25) is 0 Å². The van der Waals surface area contributed by atoms with Crippen LogP contribution in [-0.4, -0.2) is 37.6 Å². The number of rotatable bonds is 2. The summed E-state index contributed by atoms with van der Waals surface area (Å²) in [6.45, 7) is 4.58. The lowest BCUT2D eigenvalue weighted by Gasteiger charge is -2.47. The minimum atomic E-state index is 0.486. The lowest BCUT2D eigenvalue weighted by molar-refractivity contribution is 0.0813. The number of nitrogens with one attached hydrogen (secondary N) is 1. The molecular formula is C7H16N2. The molecule has 1 rings (SSSR count). The molecular weight excluding hydrogens is 112 g/mol. The van der Waals surface area contributed by atoms with E-state index >= 15 is 0 Å². The molecule has 2 nitrogen and oxygen atoms in total. The summed E-state index contributed by atoms with van der Waals surface area (Å²) in [7, 11) is 4.31. The number of likely N-dealkylation sites (N-methyl/N-ethyl adjacent to an activating group) is 1. The van der Waals surface area contributed by atoms with Gasteiger partial charge in [0, 0.05) is 18.6 Å². The van der Waals surface area contributed by atoms with Gasteiger partial charge in [-0.2, -0.15) is 0 Å². The van der Waals surface area contributed by atoms with Gasteiger partial charge in [-0.05, 0) is 20.5 Å². The Labute approximate surface area is 57.2 Å². The summed E-state index contributed by atoms with van der Waals surface area (Å²) in [5, 5.41) is 3.29. The summed E-state index contributed by atoms with van der Waals surface area (Å²) in [5.41, 5.74) is 0.486. The van der Waals surface area contributed by atoms with E-state index in [0.29, 0.717) is 5.54 Å². The van der Waals surface area contributed by atoms with Gasteiger partial charge in [0.25, 0.3) is 0 Å². The van der Waals surface area contributed by atoms with Crippen molar-refractivity contribution in [1.82, 2.24) is 10.2 Å². The molecule has 0 radical (unpaired) electrons. The van der Waals surface area contributed by atoms with Crippen molar-refractivity contribution in [3.8, 4) is 0 Å². The molecule has 0 aliphatic carbocycles. The Morgan fingerprint density at radius 1 is 1.44 bits per heavy atom. The van der Waals surface area contributed by atoms with E-state index in [1.807, 2.05) is 0 Å². The van der Waals surface area contributed by atoms with Crippen molar-refractivity contribution in [2.45, 2.75) is 18.9 Å². The van der Waals surface area contributed by atoms with Crippen LogP contribution in [0, 0.1) is 0 Å². The van der Waals surface area contributed by atoms with Crippen LogP contribution in [-0.2, 0) is 0 Å². The Kier molecular flexibility index (Phi) is 1.78. The summed E-state index contributed by atoms with van der Waals surface area (Å²) in [6, 6.07) is 0. The van der Waals surface area contributed by atoms with E-state index in [1.54, 1.807) is 0 Å². The first-order valence-corrected chi connectivity index (χ1v) is 3.59. The van der Waals surface area contributed by atoms with Gasteiger partial charge in [-0.1, -0.05) is 6.92 Å². The predicted molar refractivity (Wildman–Crippen MR) is 39.6 cm³/mol. The molecule has 1 saturated heterocycles. The fraction of sp³-hybridized carbons (Fsp3) is 1.00. The second-order valence-electron chi connectivity index (χ2n) is 3.08. The Hall–Kier alpha value is -0.0800. The fourth-order valence-electron chi connectivity index (χ4n) is 1.30. The van der Waals surface area contributed by atoms with Crippen LogP contribution in [0.15, 0.2) is 0 Å². The van der Waals surface area contributed by atoms with Crippen LogP contribution in [0.3, 0.4) is 0 Å². The van der Waals surface area contributed by atoms with Crippen molar-refractivity contribution in [3.05, 3.63) is 0 Å². The topological polar surface area (TPSA) is 15.3 Å². The third-order valence-electron chi connectivity index (χ3n) is 2.51. The molecule has 9 heavy (non-hydrogen) atoms. The van der Waals surface area contributed by atoms with Gasteiger partial charge in [0.2, 0.25) is 0 Å². The summed E-state index contributed by atoms with van der Waals surface area (Å²) in [6.07, 6.45) is 1.26. The Morgan fingerprint density at radius 3 is 2.00 bits per heavy atom. The molecule has 0 spiro atoms.